The highest BCUT2D eigenvalue weighted by Crippen LogP contribution is 2.33. The van der Waals surface area contributed by atoms with Crippen LogP contribution >= 0.6 is 0 Å². The zero-order valence-electron chi connectivity index (χ0n) is 13.1. The molecule has 3 heteroatoms. The van der Waals surface area contributed by atoms with Gasteiger partial charge in [0.15, 0.2) is 11.5 Å². The number of rotatable bonds is 5. The smallest absolute Gasteiger partial charge is 0.161 e. The maximum absolute atomic E-state index is 5.98. The van der Waals surface area contributed by atoms with Gasteiger partial charge in [0.05, 0.1) is 13.2 Å². The van der Waals surface area contributed by atoms with Gasteiger partial charge in [-0.3, -0.25) is 4.99 Å². The van der Waals surface area contributed by atoms with E-state index in [4.69, 9.17) is 9.47 Å². The summed E-state index contributed by atoms with van der Waals surface area (Å²) in [5.74, 6) is 1.56. The Balaban J connectivity index is 1.83. The molecule has 0 fully saturated rings. The predicted molar refractivity (Wildman–Crippen MR) is 89.1 cm³/mol. The van der Waals surface area contributed by atoms with Crippen LogP contribution in [0.25, 0.3) is 0 Å². The Morgan fingerprint density at radius 1 is 1.14 bits per heavy atom. The van der Waals surface area contributed by atoms with E-state index in [9.17, 15) is 0 Å². The Bertz CT molecular complexity index is 665. The number of hydrogen-bond donors (Lipinski definition) is 0. The van der Waals surface area contributed by atoms with Crippen LogP contribution in [0.1, 0.15) is 30.0 Å². The van der Waals surface area contributed by atoms with E-state index in [0.29, 0.717) is 12.6 Å². The van der Waals surface area contributed by atoms with E-state index in [2.05, 4.69) is 30.1 Å². The molecule has 114 valence electrons. The van der Waals surface area contributed by atoms with E-state index in [-0.39, 0.29) is 0 Å². The van der Waals surface area contributed by atoms with Gasteiger partial charge in [0.25, 0.3) is 0 Å². The van der Waals surface area contributed by atoms with Crippen LogP contribution in [0.4, 0.5) is 0 Å². The van der Waals surface area contributed by atoms with E-state index in [1.807, 2.05) is 30.5 Å². The standard InChI is InChI=1S/C19H21NO2/c1-3-17-9-15-10-19(18(21-2)11-16(15)12-20-17)22-13-14-7-5-4-6-8-14/h4-8,10-12,17H,3,9,13H2,1-2H3/t17-/m0/s1. The number of aliphatic imine (C=N–C) groups is 1. The molecular weight excluding hydrogens is 274 g/mol. The number of hydrogen-bond acceptors (Lipinski definition) is 3. The Morgan fingerprint density at radius 2 is 1.95 bits per heavy atom. The zero-order chi connectivity index (χ0) is 15.4. The molecule has 0 amide bonds. The largest absolute Gasteiger partial charge is 0.493 e. The highest BCUT2D eigenvalue weighted by atomic mass is 16.5. The molecule has 0 saturated heterocycles. The lowest BCUT2D eigenvalue weighted by Crippen LogP contribution is -2.14. The fourth-order valence-corrected chi connectivity index (χ4v) is 2.66. The summed E-state index contributed by atoms with van der Waals surface area (Å²) in [6.45, 7) is 2.71. The van der Waals surface area contributed by atoms with Crippen molar-refractivity contribution >= 4 is 6.21 Å². The second kappa shape index (κ2) is 6.65. The van der Waals surface area contributed by atoms with Gasteiger partial charge in [0.1, 0.15) is 6.61 Å². The number of nitrogens with zero attached hydrogens (tertiary/aromatic N) is 1. The van der Waals surface area contributed by atoms with E-state index >= 15 is 0 Å². The maximum Gasteiger partial charge on any atom is 0.161 e. The van der Waals surface area contributed by atoms with Crippen molar-refractivity contribution in [1.82, 2.24) is 0 Å². The summed E-state index contributed by atoms with van der Waals surface area (Å²) >= 11 is 0. The molecule has 0 spiro atoms. The van der Waals surface area contributed by atoms with Gasteiger partial charge in [-0.05, 0) is 41.7 Å². The molecular formula is C19H21NO2. The lowest BCUT2D eigenvalue weighted by Gasteiger charge is -2.20. The van der Waals surface area contributed by atoms with Gasteiger partial charge in [0.2, 0.25) is 0 Å². The van der Waals surface area contributed by atoms with Crippen LogP contribution in [0, 0.1) is 0 Å². The minimum Gasteiger partial charge on any atom is -0.493 e. The van der Waals surface area contributed by atoms with Crippen LogP contribution in [-0.2, 0) is 13.0 Å². The number of benzene rings is 2. The Hall–Kier alpha value is -2.29. The molecule has 1 aliphatic heterocycles. The summed E-state index contributed by atoms with van der Waals surface area (Å²) in [5.41, 5.74) is 3.56. The first-order valence-corrected chi connectivity index (χ1v) is 7.71. The van der Waals surface area contributed by atoms with Crippen LogP contribution in [0.5, 0.6) is 11.5 Å². The molecule has 0 aliphatic carbocycles. The predicted octanol–water partition coefficient (Wildman–Crippen LogP) is 4.03. The second-order valence-corrected chi connectivity index (χ2v) is 5.52. The van der Waals surface area contributed by atoms with Crippen LogP contribution in [0.15, 0.2) is 47.5 Å². The van der Waals surface area contributed by atoms with Gasteiger partial charge in [-0.25, -0.2) is 0 Å². The highest BCUT2D eigenvalue weighted by molar-refractivity contribution is 5.84. The van der Waals surface area contributed by atoms with Crippen molar-refractivity contribution in [3.05, 3.63) is 59.2 Å². The van der Waals surface area contributed by atoms with Crippen molar-refractivity contribution in [1.29, 1.82) is 0 Å². The van der Waals surface area contributed by atoms with Gasteiger partial charge < -0.3 is 9.47 Å². The summed E-state index contributed by atoms with van der Waals surface area (Å²) in [5, 5.41) is 0. The average molecular weight is 295 g/mol. The quantitative estimate of drug-likeness (QED) is 0.834. The topological polar surface area (TPSA) is 30.8 Å². The molecule has 1 aliphatic rings. The third kappa shape index (κ3) is 3.14. The maximum atomic E-state index is 5.98. The van der Waals surface area contributed by atoms with Gasteiger partial charge in [-0.2, -0.15) is 0 Å². The van der Waals surface area contributed by atoms with E-state index in [1.165, 1.54) is 5.56 Å². The molecule has 0 bridgehead atoms. The van der Waals surface area contributed by atoms with E-state index < -0.39 is 0 Å². The summed E-state index contributed by atoms with van der Waals surface area (Å²) in [6.07, 6.45) is 3.98. The Morgan fingerprint density at radius 3 is 2.68 bits per heavy atom. The molecule has 3 rings (SSSR count). The SMILES string of the molecule is CC[C@H]1Cc2cc(OCc3ccccc3)c(OC)cc2C=N1. The van der Waals surface area contributed by atoms with Gasteiger partial charge in [-0.1, -0.05) is 37.3 Å². The summed E-state index contributed by atoms with van der Waals surface area (Å²) in [4.78, 5) is 4.57. The van der Waals surface area contributed by atoms with Crippen LogP contribution in [-0.4, -0.2) is 19.4 Å². The Kier molecular flexibility index (Phi) is 4.42. The summed E-state index contributed by atoms with van der Waals surface area (Å²) in [6, 6.07) is 14.7. The third-order valence-corrected chi connectivity index (χ3v) is 4.01. The van der Waals surface area contributed by atoms with Crippen molar-refractivity contribution in [2.45, 2.75) is 32.4 Å². The molecule has 0 N–H and O–H groups in total. The van der Waals surface area contributed by atoms with Crippen LogP contribution in [0.3, 0.4) is 0 Å². The van der Waals surface area contributed by atoms with Gasteiger partial charge >= 0.3 is 0 Å². The van der Waals surface area contributed by atoms with Crippen molar-refractivity contribution in [3.63, 3.8) is 0 Å². The molecule has 0 aromatic heterocycles. The molecule has 2 aromatic carbocycles. The number of fused-ring (bicyclic) bond motifs is 1. The van der Waals surface area contributed by atoms with Crippen molar-refractivity contribution in [2.24, 2.45) is 4.99 Å². The molecule has 2 aromatic rings. The summed E-state index contributed by atoms with van der Waals surface area (Å²) in [7, 11) is 1.67. The summed E-state index contributed by atoms with van der Waals surface area (Å²) < 4.78 is 11.4. The van der Waals surface area contributed by atoms with Crippen LogP contribution in [0.2, 0.25) is 0 Å². The first kappa shape index (κ1) is 14.6. The van der Waals surface area contributed by atoms with Crippen molar-refractivity contribution in [2.75, 3.05) is 7.11 Å². The molecule has 0 unspecified atom stereocenters. The monoisotopic (exact) mass is 295 g/mol. The number of methoxy groups -OCH3 is 1. The Labute approximate surface area is 131 Å². The molecule has 1 atom stereocenters. The fourth-order valence-electron chi connectivity index (χ4n) is 2.66. The molecule has 1 heterocycles. The number of ether oxygens (including phenoxy) is 2. The third-order valence-electron chi connectivity index (χ3n) is 4.01. The van der Waals surface area contributed by atoms with E-state index in [1.54, 1.807) is 7.11 Å². The lowest BCUT2D eigenvalue weighted by molar-refractivity contribution is 0.284. The van der Waals surface area contributed by atoms with Crippen LogP contribution < -0.4 is 9.47 Å². The fraction of sp³-hybridized carbons (Fsp3) is 0.316. The normalized spacial score (nSPS) is 16.2. The molecule has 3 nitrogen and oxygen atoms in total. The molecule has 0 radical (unpaired) electrons. The first-order valence-electron chi connectivity index (χ1n) is 7.71. The lowest BCUT2D eigenvalue weighted by atomic mass is 9.96. The minimum atomic E-state index is 0.378. The van der Waals surface area contributed by atoms with Gasteiger partial charge in [-0.15, -0.1) is 0 Å². The average Bonchev–Trinajstić information content (AvgIpc) is 2.59. The second-order valence-electron chi connectivity index (χ2n) is 5.52. The van der Waals surface area contributed by atoms with Crippen molar-refractivity contribution in [3.8, 4) is 11.5 Å². The van der Waals surface area contributed by atoms with Gasteiger partial charge in [0, 0.05) is 6.21 Å². The first-order chi connectivity index (χ1) is 10.8. The highest BCUT2D eigenvalue weighted by Gasteiger charge is 2.17. The zero-order valence-corrected chi connectivity index (χ0v) is 13.1. The minimum absolute atomic E-state index is 0.378. The van der Waals surface area contributed by atoms with E-state index in [0.717, 1.165) is 35.5 Å². The molecule has 0 saturated carbocycles. The molecule has 22 heavy (non-hydrogen) atoms. The van der Waals surface area contributed by atoms with Crippen molar-refractivity contribution < 1.29 is 9.47 Å².